The van der Waals surface area contributed by atoms with E-state index in [1.54, 1.807) is 5.48 Å². The smallest absolute Gasteiger partial charge is 0.203 e. The van der Waals surface area contributed by atoms with Crippen LogP contribution in [-0.4, -0.2) is 100 Å². The lowest BCUT2D eigenvalue weighted by Gasteiger charge is -2.53. The Morgan fingerprint density at radius 3 is 1.12 bits per heavy atom. The van der Waals surface area contributed by atoms with E-state index in [9.17, 15) is 24.9 Å². The fraction of sp³-hybridized carbons (Fsp3) is 0.457. The Morgan fingerprint density at radius 1 is 0.431 bits per heavy atom. The molecular formula is C116H136N14O7. The number of hydroxylamine groups is 1. The maximum Gasteiger partial charge on any atom is 0.203 e. The van der Waals surface area contributed by atoms with Crippen molar-refractivity contribution in [3.8, 4) is 56.3 Å². The van der Waals surface area contributed by atoms with Crippen molar-refractivity contribution >= 4 is 11.6 Å². The van der Waals surface area contributed by atoms with Gasteiger partial charge in [-0.15, -0.1) is 0 Å². The van der Waals surface area contributed by atoms with Gasteiger partial charge in [-0.25, -0.2) is 65.0 Å². The lowest BCUT2D eigenvalue weighted by atomic mass is 9.50. The monoisotopic (exact) mass is 1840 g/mol. The number of benzene rings is 5. The van der Waals surface area contributed by atoms with Gasteiger partial charge in [0.15, 0.2) is 11.5 Å². The Kier molecular flexibility index (Phi) is 26.8. The van der Waals surface area contributed by atoms with Crippen molar-refractivity contribution in [1.29, 1.82) is 0 Å². The van der Waals surface area contributed by atoms with E-state index in [-0.39, 0.29) is 72.6 Å². The maximum absolute atomic E-state index is 12.9. The molecule has 0 bridgehead atoms. The number of ketones is 2. The van der Waals surface area contributed by atoms with E-state index >= 15 is 0 Å². The first-order chi connectivity index (χ1) is 65.5. The number of fused-ring (bicyclic) bond motifs is 16. The zero-order valence-corrected chi connectivity index (χ0v) is 84.1. The Hall–Kier alpha value is -12.3. The van der Waals surface area contributed by atoms with Crippen LogP contribution in [0.15, 0.2) is 197 Å². The Morgan fingerprint density at radius 2 is 0.752 bits per heavy atom. The van der Waals surface area contributed by atoms with Gasteiger partial charge in [-0.1, -0.05) is 274 Å². The summed E-state index contributed by atoms with van der Waals surface area (Å²) in [5.74, 6) is 7.19. The van der Waals surface area contributed by atoms with E-state index < -0.39 is 16.9 Å². The largest absolute Gasteiger partial charge is 0.523 e. The van der Waals surface area contributed by atoms with Gasteiger partial charge in [-0.05, 0) is 160 Å². The molecule has 0 aliphatic heterocycles. The number of aliphatic hydroxyl groups is 3. The van der Waals surface area contributed by atoms with Crippen LogP contribution in [-0.2, 0) is 80.6 Å². The van der Waals surface area contributed by atoms with Gasteiger partial charge in [0, 0.05) is 130 Å². The fourth-order valence-corrected chi connectivity index (χ4v) is 27.0. The third-order valence-corrected chi connectivity index (χ3v) is 33.2. The molecule has 21 nitrogen and oxygen atoms in total. The third kappa shape index (κ3) is 17.2. The second-order valence-corrected chi connectivity index (χ2v) is 43.5. The minimum Gasteiger partial charge on any atom is -0.523 e. The van der Waals surface area contributed by atoms with Gasteiger partial charge in [0.2, 0.25) is 5.70 Å². The minimum absolute atomic E-state index is 0.0349. The molecule has 137 heavy (non-hydrogen) atoms. The first-order valence-corrected chi connectivity index (χ1v) is 48.4. The highest BCUT2D eigenvalue weighted by Crippen LogP contribution is 2.64. The molecule has 0 amide bonds. The molecular weight excluding hydrogens is 1700 g/mol. The van der Waals surface area contributed by atoms with Crippen molar-refractivity contribution in [1.82, 2.24) is 60.5 Å². The first kappa shape index (κ1) is 97.8. The van der Waals surface area contributed by atoms with Crippen LogP contribution in [0.2, 0.25) is 0 Å². The number of carbonyl (C=O) groups is 2. The van der Waals surface area contributed by atoms with E-state index in [0.29, 0.717) is 53.8 Å². The third-order valence-electron chi connectivity index (χ3n) is 33.2. The summed E-state index contributed by atoms with van der Waals surface area (Å²) < 4.78 is 11.4. The predicted octanol–water partition coefficient (Wildman–Crippen LogP) is 24.3. The molecule has 6 aromatic heterocycles. The van der Waals surface area contributed by atoms with Crippen LogP contribution in [0.3, 0.4) is 0 Å². The van der Waals surface area contributed by atoms with E-state index in [4.69, 9.17) is 74.1 Å². The number of rotatable bonds is 5. The molecule has 2 fully saturated rings. The molecule has 5 aromatic carbocycles. The summed E-state index contributed by atoms with van der Waals surface area (Å²) in [7, 11) is 2.68. The van der Waals surface area contributed by atoms with Crippen molar-refractivity contribution in [2.45, 2.75) is 281 Å². The predicted molar refractivity (Wildman–Crippen MR) is 539 cm³/mol. The lowest BCUT2D eigenvalue weighted by Crippen LogP contribution is -2.53. The normalized spacial score (nSPS) is 26.5. The van der Waals surface area contributed by atoms with Crippen LogP contribution >= 0.6 is 0 Å². The summed E-state index contributed by atoms with van der Waals surface area (Å²) in [5.41, 5.74) is 24.3. The lowest BCUT2D eigenvalue weighted by molar-refractivity contribution is -0.137. The van der Waals surface area contributed by atoms with Gasteiger partial charge >= 0.3 is 0 Å². The number of hydrogen-bond acceptors (Lipinski definition) is 19. The molecule has 11 aromatic rings. The number of allylic oxidation sites excluding steroid dienone is 4. The standard InChI is InChI=1S/3C23H25N3O.C23H26N2O2.C22H26N2O.CH5NO.CH4/c1-14-25-19(15-8-6-5-7-9-15)17-10-11-18-22(2,3)21-16(13-24-27-21)12-23(18,4)20(17)26-14;2*1-14-25-19(15-9-7-6-8-10-15)16-11-12-18-22(2,3)21(27)17(24-5)13-23(18,4)20(16)26-14;1-14-24-19(15-8-6-5-7-9-15)17-10-11-18-22(2,3)21(27)16(13-26)12-23(18,4)20(17)25-14;1-14-23-19(15-8-6-5-7-9-15)16-10-11-17-21(2,3)18(25)12-13-22(17,4)20(16)24-14;1-2-3;/h5-9,13,18H,10-12H2,1-4H3;6-10,18,27H,11-13H2,1-4H3;6-10,13,18,21,27H,11-12H2,1-4H3;5-9,13,18,26H,10-12H2,1-4H3;5-9,17H,10-13H2,1-4H3;2-3H,1H3;1H4/b;;;16-13-;;;/t2*18-,23-;18-,21?,23-;18-,23-;17-,22-;;/m00000../s1/i;;;;;;1T. The Labute approximate surface area is 811 Å². The van der Waals surface area contributed by atoms with Crippen molar-refractivity contribution < 1.29 is 36.0 Å². The summed E-state index contributed by atoms with van der Waals surface area (Å²) in [5, 5.41) is 42.6. The van der Waals surface area contributed by atoms with Crippen LogP contribution in [0.25, 0.3) is 66.0 Å². The van der Waals surface area contributed by atoms with Crippen LogP contribution in [0.4, 0.5) is 0 Å². The molecule has 712 valence electrons. The number of hydrogen-bond donors (Lipinski definition) is 5. The molecule has 0 saturated heterocycles. The molecule has 5 N–H and O–H groups in total. The molecule has 21 rings (SSSR count). The first-order valence-electron chi connectivity index (χ1n) is 49.4. The molecule has 11 atom stereocenters. The van der Waals surface area contributed by atoms with Crippen LogP contribution in [0, 0.1) is 99.0 Å². The number of aliphatic hydroxyl groups excluding tert-OH is 3. The summed E-state index contributed by atoms with van der Waals surface area (Å²) >= 11 is 0. The molecule has 10 aliphatic rings. The fourth-order valence-electron chi connectivity index (χ4n) is 27.0. The maximum atomic E-state index is 12.9. The van der Waals surface area contributed by atoms with Crippen molar-refractivity contribution in [2.75, 3.05) is 7.05 Å². The molecule has 1 unspecified atom stereocenters. The molecule has 0 radical (unpaired) electrons. The van der Waals surface area contributed by atoms with Gasteiger partial charge in [-0.3, -0.25) is 9.59 Å². The number of aromatic nitrogens is 11. The van der Waals surface area contributed by atoms with Crippen molar-refractivity contribution in [2.24, 2.45) is 51.2 Å². The summed E-state index contributed by atoms with van der Waals surface area (Å²) in [6, 6.07) is 51.7. The second-order valence-electron chi connectivity index (χ2n) is 43.5. The SMILES string of the molecule is CNO.Cc1nc(-c2ccccc2)c2c(n1)[C@@]1(C)C/C(=C/O)C(=O)C(C)(C)[C@@H]1CC2.Cc1nc(-c2ccccc2)c2c(n1)[C@@]1(C)CCC(=O)C(C)(C)[C@@H]1CC2.Cc1nc(-c2ccccc2)c2c(n1)[C@@]1(C)Cc3cnoc3C(C)(C)[C@@H]1CC2.[3H]C.[C-]#[N+]C1=C(O)C(C)(C)[C@@H]2CCc3c(-c4ccccc4)nc(C)nc3[C@@]2(C)C1.[C-]#[N+]C1=C[C@]2(C)c3nc(C)nc(-c4ccccc4)c3CC[C@H]2C(C)(C)C1O. The Balaban J connectivity index is 0.000000129. The second kappa shape index (κ2) is 37.6. The zero-order valence-electron chi connectivity index (χ0n) is 85.1. The highest BCUT2D eigenvalue weighted by molar-refractivity contribution is 6.01. The molecule has 0 spiro atoms. The van der Waals surface area contributed by atoms with Gasteiger partial charge in [0.1, 0.15) is 46.4 Å². The number of carbonyl (C=O) groups excluding carboxylic acids is 2. The van der Waals surface area contributed by atoms with E-state index in [1.165, 1.54) is 64.8 Å². The molecule has 6 heterocycles. The van der Waals surface area contributed by atoms with E-state index in [2.05, 4.69) is 196 Å². The molecule has 10 aliphatic carbocycles. The van der Waals surface area contributed by atoms with Gasteiger partial charge < -0.3 is 25.0 Å². The summed E-state index contributed by atoms with van der Waals surface area (Å²) in [6.45, 7) is 57.4. The van der Waals surface area contributed by atoms with Crippen LogP contribution < -0.4 is 5.48 Å². The van der Waals surface area contributed by atoms with E-state index in [0.717, 1.165) is 186 Å². The van der Waals surface area contributed by atoms with Gasteiger partial charge in [0.05, 0.1) is 88.6 Å². The number of Topliss-reactive ketones (excluding diaryl/α,β-unsaturated/α-hetero) is 2. The Bertz CT molecular complexity index is 6640. The van der Waals surface area contributed by atoms with Crippen LogP contribution in [0.5, 0.6) is 0 Å². The highest BCUT2D eigenvalue weighted by atomic mass is 16.5. The summed E-state index contributed by atoms with van der Waals surface area (Å²) in [6.07, 6.45) is 17.3. The number of nitrogens with one attached hydrogen (secondary N) is 1. The van der Waals surface area contributed by atoms with Crippen molar-refractivity contribution in [3.05, 3.63) is 312 Å². The zero-order chi connectivity index (χ0) is 99.5. The molecule has 21 heteroatoms. The average molecular weight is 1840 g/mol. The van der Waals surface area contributed by atoms with Crippen LogP contribution in [0.1, 0.15) is 267 Å². The molecule has 2 saturated carbocycles. The van der Waals surface area contributed by atoms with Gasteiger partial charge in [-0.2, -0.15) is 0 Å². The highest BCUT2D eigenvalue weighted by Gasteiger charge is 2.61. The number of nitrogens with zero attached hydrogens (tertiary/aromatic N) is 13. The summed E-state index contributed by atoms with van der Waals surface area (Å²) in [4.78, 5) is 81.3. The van der Waals surface area contributed by atoms with Gasteiger partial charge in [0.25, 0.3) is 0 Å². The quantitative estimate of drug-likeness (QED) is 0.0463. The average Bonchev–Trinajstić information content (AvgIpc) is 1.59. The minimum atomic E-state index is -0.730. The topological polar surface area (TPSA) is 291 Å². The number of aryl methyl sites for hydroxylation is 5. The van der Waals surface area contributed by atoms with E-state index in [1.807, 2.05) is 121 Å². The van der Waals surface area contributed by atoms with Crippen molar-refractivity contribution in [3.63, 3.8) is 0 Å².